The molecule has 0 aromatic carbocycles. The molecule has 5 heteroatoms. The lowest BCUT2D eigenvalue weighted by atomic mass is 10.4. The second-order valence-corrected chi connectivity index (χ2v) is 2.47. The number of thiol groups is 1. The topological polar surface area (TPSA) is 57.4 Å². The lowest BCUT2D eigenvalue weighted by Gasteiger charge is -2.03. The Balaban J connectivity index is 3.73. The Kier molecular flexibility index (Phi) is 6.46. The van der Waals surface area contributed by atoms with Gasteiger partial charge < -0.3 is 10.2 Å². The molecule has 4 nitrogen and oxygen atoms in total. The third-order valence-electron chi connectivity index (χ3n) is 1.07. The molecule has 0 radical (unpaired) electrons. The van der Waals surface area contributed by atoms with E-state index < -0.39 is 0 Å². The molecule has 0 aliphatic heterocycles. The first kappa shape index (κ1) is 11.6. The molecule has 1 N–H and O–H groups in total. The molecule has 0 heterocycles. The molecule has 0 aromatic heterocycles. The summed E-state index contributed by atoms with van der Waals surface area (Å²) >= 11 is 4.02. The SMILES string of the molecule is C=C/C=N\OCN/C(S)=C(\C)C#N. The Labute approximate surface area is 83.0 Å². The maximum absolute atomic E-state index is 8.47. The van der Waals surface area contributed by atoms with Crippen LogP contribution < -0.4 is 5.32 Å². The number of oxime groups is 1. The van der Waals surface area contributed by atoms with Gasteiger partial charge in [-0.3, -0.25) is 0 Å². The maximum Gasteiger partial charge on any atom is 0.187 e. The fraction of sp³-hybridized carbons (Fsp3) is 0.250. The molecule has 0 aliphatic carbocycles. The van der Waals surface area contributed by atoms with Crippen molar-refractivity contribution in [3.05, 3.63) is 23.3 Å². The standard InChI is InChI=1S/C8H11N3OS/c1-3-4-11-12-6-10-8(13)7(2)5-9/h3-4,10,13H,1,6H2,2H3/b8-7-,11-4-. The summed E-state index contributed by atoms with van der Waals surface area (Å²) in [5.74, 6) is 0. The van der Waals surface area contributed by atoms with E-state index in [-0.39, 0.29) is 6.73 Å². The van der Waals surface area contributed by atoms with Crippen molar-refractivity contribution in [1.29, 1.82) is 5.26 Å². The summed E-state index contributed by atoms with van der Waals surface area (Å²) in [7, 11) is 0. The summed E-state index contributed by atoms with van der Waals surface area (Å²) in [4.78, 5) is 4.73. The van der Waals surface area contributed by atoms with Crippen molar-refractivity contribution in [3.63, 3.8) is 0 Å². The zero-order valence-electron chi connectivity index (χ0n) is 7.32. The van der Waals surface area contributed by atoms with Gasteiger partial charge in [0.15, 0.2) is 6.73 Å². The van der Waals surface area contributed by atoms with E-state index in [0.29, 0.717) is 10.6 Å². The van der Waals surface area contributed by atoms with Gasteiger partial charge in [0, 0.05) is 0 Å². The third-order valence-corrected chi connectivity index (χ3v) is 1.56. The first-order valence-corrected chi connectivity index (χ1v) is 3.97. The van der Waals surface area contributed by atoms with Crippen LogP contribution >= 0.6 is 12.6 Å². The highest BCUT2D eigenvalue weighted by Crippen LogP contribution is 2.02. The highest BCUT2D eigenvalue weighted by Gasteiger charge is 1.94. The largest absolute Gasteiger partial charge is 0.374 e. The van der Waals surface area contributed by atoms with Gasteiger partial charge in [0.05, 0.1) is 22.9 Å². The van der Waals surface area contributed by atoms with Crippen LogP contribution in [0.3, 0.4) is 0 Å². The molecule has 0 unspecified atom stereocenters. The van der Waals surface area contributed by atoms with Crippen LogP contribution in [0.15, 0.2) is 28.4 Å². The number of hydrogen-bond acceptors (Lipinski definition) is 5. The average molecular weight is 197 g/mol. The molecule has 0 aliphatic rings. The van der Waals surface area contributed by atoms with Crippen molar-refractivity contribution < 1.29 is 4.84 Å². The molecule has 0 rings (SSSR count). The minimum absolute atomic E-state index is 0.169. The molecule has 0 bridgehead atoms. The van der Waals surface area contributed by atoms with Crippen LogP contribution in [0.5, 0.6) is 0 Å². The van der Waals surface area contributed by atoms with Gasteiger partial charge in [-0.15, -0.1) is 12.6 Å². The van der Waals surface area contributed by atoms with E-state index in [4.69, 9.17) is 10.1 Å². The summed E-state index contributed by atoms with van der Waals surface area (Å²) in [5.41, 5.74) is 0.500. The fourth-order valence-electron chi connectivity index (χ4n) is 0.410. The van der Waals surface area contributed by atoms with Crippen LogP contribution in [0.4, 0.5) is 0 Å². The smallest absolute Gasteiger partial charge is 0.187 e. The van der Waals surface area contributed by atoms with Crippen LogP contribution in [0.25, 0.3) is 0 Å². The van der Waals surface area contributed by atoms with Gasteiger partial charge in [-0.25, -0.2) is 0 Å². The molecule has 0 aromatic rings. The highest BCUT2D eigenvalue weighted by atomic mass is 32.1. The third kappa shape index (κ3) is 5.82. The van der Waals surface area contributed by atoms with Crippen molar-refractivity contribution in [2.45, 2.75) is 6.92 Å². The van der Waals surface area contributed by atoms with E-state index in [1.54, 1.807) is 6.92 Å². The molecule has 0 spiro atoms. The number of hydrogen-bond donors (Lipinski definition) is 2. The highest BCUT2D eigenvalue weighted by molar-refractivity contribution is 7.84. The van der Waals surface area contributed by atoms with E-state index >= 15 is 0 Å². The molecular formula is C8H11N3OS. The van der Waals surface area contributed by atoms with Crippen molar-refractivity contribution in [2.24, 2.45) is 5.16 Å². The van der Waals surface area contributed by atoms with Gasteiger partial charge in [0.1, 0.15) is 0 Å². The Morgan fingerprint density at radius 1 is 1.85 bits per heavy atom. The summed E-state index contributed by atoms with van der Waals surface area (Å²) in [5, 5.41) is 15.2. The molecule has 0 saturated carbocycles. The number of nitrogens with zero attached hydrogens (tertiary/aromatic N) is 2. The summed E-state index contributed by atoms with van der Waals surface area (Å²) in [6.07, 6.45) is 2.92. The molecular weight excluding hydrogens is 186 g/mol. The van der Waals surface area contributed by atoms with E-state index in [1.807, 2.05) is 6.07 Å². The fourth-order valence-corrected chi connectivity index (χ4v) is 0.524. The normalized spacial score (nSPS) is 11.8. The molecule has 13 heavy (non-hydrogen) atoms. The molecule has 70 valence electrons. The van der Waals surface area contributed by atoms with Gasteiger partial charge in [-0.05, 0) is 13.0 Å². The Bertz CT molecular complexity index is 265. The van der Waals surface area contributed by atoms with E-state index in [9.17, 15) is 0 Å². The first-order valence-electron chi connectivity index (χ1n) is 3.52. The van der Waals surface area contributed by atoms with Crippen molar-refractivity contribution >= 4 is 18.8 Å². The minimum atomic E-state index is 0.169. The lowest BCUT2D eigenvalue weighted by molar-refractivity contribution is 0.136. The Hall–Kier alpha value is -1.41. The second-order valence-electron chi connectivity index (χ2n) is 2.03. The first-order chi connectivity index (χ1) is 6.22. The van der Waals surface area contributed by atoms with Crippen LogP contribution in [-0.4, -0.2) is 12.9 Å². The predicted octanol–water partition coefficient (Wildman–Crippen LogP) is 1.41. The van der Waals surface area contributed by atoms with E-state index in [1.165, 1.54) is 12.3 Å². The predicted molar refractivity (Wildman–Crippen MR) is 55.1 cm³/mol. The lowest BCUT2D eigenvalue weighted by Crippen LogP contribution is -2.13. The van der Waals surface area contributed by atoms with Crippen LogP contribution in [0.1, 0.15) is 6.92 Å². The van der Waals surface area contributed by atoms with E-state index in [2.05, 4.69) is 29.7 Å². The van der Waals surface area contributed by atoms with Crippen LogP contribution in [0, 0.1) is 11.3 Å². The molecule has 0 atom stereocenters. The summed E-state index contributed by atoms with van der Waals surface area (Å²) in [6, 6.07) is 1.95. The van der Waals surface area contributed by atoms with Gasteiger partial charge in [0.2, 0.25) is 0 Å². The number of nitriles is 1. The Morgan fingerprint density at radius 2 is 2.54 bits per heavy atom. The zero-order valence-corrected chi connectivity index (χ0v) is 8.21. The molecule has 0 saturated heterocycles. The van der Waals surface area contributed by atoms with Gasteiger partial charge >= 0.3 is 0 Å². The van der Waals surface area contributed by atoms with Gasteiger partial charge in [-0.1, -0.05) is 11.7 Å². The van der Waals surface area contributed by atoms with Crippen LogP contribution in [0.2, 0.25) is 0 Å². The van der Waals surface area contributed by atoms with Crippen LogP contribution in [-0.2, 0) is 4.84 Å². The van der Waals surface area contributed by atoms with E-state index in [0.717, 1.165) is 0 Å². The molecule has 0 fully saturated rings. The number of allylic oxidation sites excluding steroid dienone is 2. The zero-order chi connectivity index (χ0) is 10.1. The summed E-state index contributed by atoms with van der Waals surface area (Å²) in [6.45, 7) is 5.24. The monoisotopic (exact) mass is 197 g/mol. The Morgan fingerprint density at radius 3 is 3.08 bits per heavy atom. The minimum Gasteiger partial charge on any atom is -0.374 e. The maximum atomic E-state index is 8.47. The molecule has 0 amide bonds. The number of rotatable bonds is 5. The average Bonchev–Trinajstić information content (AvgIpc) is 2.16. The van der Waals surface area contributed by atoms with Crippen molar-refractivity contribution in [1.82, 2.24) is 5.32 Å². The van der Waals surface area contributed by atoms with Gasteiger partial charge in [0.25, 0.3) is 0 Å². The second kappa shape index (κ2) is 7.25. The van der Waals surface area contributed by atoms with Crippen molar-refractivity contribution in [3.8, 4) is 6.07 Å². The van der Waals surface area contributed by atoms with Gasteiger partial charge in [-0.2, -0.15) is 5.26 Å². The van der Waals surface area contributed by atoms with Crippen molar-refractivity contribution in [2.75, 3.05) is 6.73 Å². The quantitative estimate of drug-likeness (QED) is 0.175. The summed E-state index contributed by atoms with van der Waals surface area (Å²) < 4.78 is 0. The number of nitrogens with one attached hydrogen (secondary N) is 1.